The highest BCUT2D eigenvalue weighted by molar-refractivity contribution is 5.89. The molecule has 1 fully saturated rings. The number of halogens is 1. The topological polar surface area (TPSA) is 54.5 Å². The highest BCUT2D eigenvalue weighted by Crippen LogP contribution is 2.36. The molecule has 1 saturated heterocycles. The second-order valence-electron chi connectivity index (χ2n) is 7.11. The number of urea groups is 1. The van der Waals surface area contributed by atoms with Gasteiger partial charge in [-0.3, -0.25) is 4.98 Å². The number of hydrogen-bond acceptors (Lipinski definition) is 3. The summed E-state index contributed by atoms with van der Waals surface area (Å²) in [4.78, 5) is 18.5. The largest absolute Gasteiger partial charge is 0.381 e. The molecular formula is C21H26FN3O2. The summed E-state index contributed by atoms with van der Waals surface area (Å²) in [5.41, 5.74) is 1.72. The van der Waals surface area contributed by atoms with Gasteiger partial charge >= 0.3 is 6.03 Å². The molecule has 0 spiro atoms. The number of amides is 2. The van der Waals surface area contributed by atoms with E-state index in [-0.39, 0.29) is 17.3 Å². The zero-order valence-electron chi connectivity index (χ0n) is 15.7. The molecule has 2 amide bonds. The fraction of sp³-hybridized carbons (Fsp3) is 0.429. The number of hydrogen-bond donors (Lipinski definition) is 1. The van der Waals surface area contributed by atoms with Crippen LogP contribution in [0.5, 0.6) is 0 Å². The van der Waals surface area contributed by atoms with Crippen LogP contribution in [0, 0.1) is 11.2 Å². The number of ether oxygens (including phenoxy) is 1. The van der Waals surface area contributed by atoms with Crippen LogP contribution in [0.15, 0.2) is 48.8 Å². The summed E-state index contributed by atoms with van der Waals surface area (Å²) in [6.45, 7) is 4.61. The fourth-order valence-electron chi connectivity index (χ4n) is 3.52. The second kappa shape index (κ2) is 8.95. The van der Waals surface area contributed by atoms with Gasteiger partial charge in [-0.2, -0.15) is 0 Å². The van der Waals surface area contributed by atoms with Crippen molar-refractivity contribution in [3.63, 3.8) is 0 Å². The van der Waals surface area contributed by atoms with E-state index in [2.05, 4.69) is 10.3 Å². The Bertz CT molecular complexity index is 739. The van der Waals surface area contributed by atoms with E-state index in [4.69, 9.17) is 4.74 Å². The molecule has 1 atom stereocenters. The molecule has 0 bridgehead atoms. The normalized spacial score (nSPS) is 19.3. The van der Waals surface area contributed by atoms with Crippen molar-refractivity contribution in [3.05, 3.63) is 60.2 Å². The van der Waals surface area contributed by atoms with E-state index >= 15 is 0 Å². The maximum absolute atomic E-state index is 13.1. The summed E-state index contributed by atoms with van der Waals surface area (Å²) >= 11 is 0. The van der Waals surface area contributed by atoms with E-state index < -0.39 is 0 Å². The fourth-order valence-corrected chi connectivity index (χ4v) is 3.52. The van der Waals surface area contributed by atoms with Crippen LogP contribution in [-0.2, 0) is 11.2 Å². The Kier molecular flexibility index (Phi) is 6.40. The van der Waals surface area contributed by atoms with Gasteiger partial charge in [-0.05, 0) is 56.0 Å². The number of carbonyl (C=O) groups is 1. The van der Waals surface area contributed by atoms with Gasteiger partial charge in [-0.1, -0.05) is 12.1 Å². The average molecular weight is 371 g/mol. The van der Waals surface area contributed by atoms with E-state index in [1.807, 2.05) is 30.0 Å². The Labute approximate surface area is 159 Å². The molecule has 5 nitrogen and oxygen atoms in total. The molecule has 144 valence electrons. The number of nitrogens with zero attached hydrogens (tertiary/aromatic N) is 2. The van der Waals surface area contributed by atoms with E-state index in [1.54, 1.807) is 18.5 Å². The lowest BCUT2D eigenvalue weighted by molar-refractivity contribution is 0.0517. The van der Waals surface area contributed by atoms with Crippen LogP contribution in [0.3, 0.4) is 0 Å². The summed E-state index contributed by atoms with van der Waals surface area (Å²) in [7, 11) is 0. The third-order valence-corrected chi connectivity index (χ3v) is 5.11. The monoisotopic (exact) mass is 371 g/mol. The molecule has 1 aromatic carbocycles. The summed E-state index contributed by atoms with van der Waals surface area (Å²) < 4.78 is 18.9. The predicted octanol–water partition coefficient (Wildman–Crippen LogP) is 4.11. The summed E-state index contributed by atoms with van der Waals surface area (Å²) in [6, 6.07) is 10.1. The molecule has 1 aromatic heterocycles. The molecule has 0 saturated carbocycles. The summed E-state index contributed by atoms with van der Waals surface area (Å²) in [5, 5.41) is 2.90. The maximum atomic E-state index is 13.1. The lowest BCUT2D eigenvalue weighted by atomic mass is 9.82. The van der Waals surface area contributed by atoms with Crippen LogP contribution in [0.25, 0.3) is 0 Å². The number of likely N-dealkylation sites (tertiary alicyclic amines) is 1. The molecule has 2 aromatic rings. The third kappa shape index (κ3) is 5.26. The Morgan fingerprint density at radius 2 is 2.15 bits per heavy atom. The molecule has 1 N–H and O–H groups in total. The van der Waals surface area contributed by atoms with Crippen LogP contribution in [-0.4, -0.2) is 42.2 Å². The molecule has 6 heteroatoms. The van der Waals surface area contributed by atoms with Crippen molar-refractivity contribution in [1.29, 1.82) is 0 Å². The average Bonchev–Trinajstić information content (AvgIpc) is 3.12. The van der Waals surface area contributed by atoms with Crippen molar-refractivity contribution in [2.24, 2.45) is 5.41 Å². The minimum absolute atomic E-state index is 0.0727. The van der Waals surface area contributed by atoms with Crippen molar-refractivity contribution < 1.29 is 13.9 Å². The first-order chi connectivity index (χ1) is 13.1. The first-order valence-corrected chi connectivity index (χ1v) is 9.38. The summed E-state index contributed by atoms with van der Waals surface area (Å²) in [5.74, 6) is -0.220. The quantitative estimate of drug-likeness (QED) is 0.797. The first-order valence-electron chi connectivity index (χ1n) is 9.38. The molecule has 1 aliphatic heterocycles. The molecule has 0 radical (unpaired) electrons. The zero-order chi connectivity index (χ0) is 19.1. The van der Waals surface area contributed by atoms with E-state index in [0.29, 0.717) is 32.0 Å². The molecule has 1 aliphatic rings. The van der Waals surface area contributed by atoms with Gasteiger partial charge in [0.05, 0.1) is 18.5 Å². The van der Waals surface area contributed by atoms with Crippen LogP contribution in [0.2, 0.25) is 0 Å². The van der Waals surface area contributed by atoms with Crippen LogP contribution in [0.1, 0.15) is 25.3 Å². The van der Waals surface area contributed by atoms with Gasteiger partial charge in [0.2, 0.25) is 0 Å². The molecule has 0 unspecified atom stereocenters. The van der Waals surface area contributed by atoms with E-state index in [0.717, 1.165) is 24.8 Å². The van der Waals surface area contributed by atoms with Crippen molar-refractivity contribution in [2.45, 2.75) is 26.2 Å². The molecule has 0 aliphatic carbocycles. The first kappa shape index (κ1) is 19.3. The highest BCUT2D eigenvalue weighted by atomic mass is 19.1. The van der Waals surface area contributed by atoms with Crippen molar-refractivity contribution in [3.8, 4) is 0 Å². The van der Waals surface area contributed by atoms with Crippen LogP contribution >= 0.6 is 0 Å². The van der Waals surface area contributed by atoms with Gasteiger partial charge < -0.3 is 15.0 Å². The molecule has 3 rings (SSSR count). The maximum Gasteiger partial charge on any atom is 0.321 e. The van der Waals surface area contributed by atoms with Gasteiger partial charge in [-0.25, -0.2) is 9.18 Å². The van der Waals surface area contributed by atoms with Crippen molar-refractivity contribution in [1.82, 2.24) is 9.88 Å². The number of nitrogens with one attached hydrogen (secondary N) is 1. The molecule has 2 heterocycles. The van der Waals surface area contributed by atoms with Crippen molar-refractivity contribution in [2.75, 3.05) is 31.6 Å². The number of benzene rings is 1. The van der Waals surface area contributed by atoms with E-state index in [9.17, 15) is 9.18 Å². The number of rotatable bonds is 7. The van der Waals surface area contributed by atoms with Gasteiger partial charge in [0, 0.05) is 31.3 Å². The van der Waals surface area contributed by atoms with Crippen LogP contribution < -0.4 is 5.32 Å². The predicted molar refractivity (Wildman–Crippen MR) is 103 cm³/mol. The standard InChI is InChI=1S/C21H26FN3O2/c1-2-27-16-21(10-9-17-5-7-18(22)8-6-17)11-13-25(15-21)20(26)24-19-4-3-12-23-14-19/h3-8,12,14H,2,9-11,13,15-16H2,1H3,(H,24,26)/t21-/m1/s1. The lowest BCUT2D eigenvalue weighted by Crippen LogP contribution is -2.37. The number of aromatic nitrogens is 1. The Hall–Kier alpha value is -2.47. The molecule has 27 heavy (non-hydrogen) atoms. The van der Waals surface area contributed by atoms with Gasteiger partial charge in [-0.15, -0.1) is 0 Å². The van der Waals surface area contributed by atoms with Gasteiger partial charge in [0.15, 0.2) is 0 Å². The second-order valence-corrected chi connectivity index (χ2v) is 7.11. The number of anilines is 1. The van der Waals surface area contributed by atoms with Gasteiger partial charge in [0.25, 0.3) is 0 Å². The number of pyridine rings is 1. The van der Waals surface area contributed by atoms with Crippen LogP contribution in [0.4, 0.5) is 14.9 Å². The highest BCUT2D eigenvalue weighted by Gasteiger charge is 2.40. The zero-order valence-corrected chi connectivity index (χ0v) is 15.7. The SMILES string of the molecule is CCOC[C@]1(CCc2ccc(F)cc2)CCN(C(=O)Nc2cccnc2)C1. The Morgan fingerprint density at radius 1 is 1.33 bits per heavy atom. The van der Waals surface area contributed by atoms with Gasteiger partial charge in [0.1, 0.15) is 5.82 Å². The van der Waals surface area contributed by atoms with Crippen molar-refractivity contribution >= 4 is 11.7 Å². The Balaban J connectivity index is 1.62. The number of carbonyl (C=O) groups excluding carboxylic acids is 1. The minimum atomic E-state index is -0.220. The Morgan fingerprint density at radius 3 is 2.85 bits per heavy atom. The minimum Gasteiger partial charge on any atom is -0.381 e. The lowest BCUT2D eigenvalue weighted by Gasteiger charge is -2.29. The van der Waals surface area contributed by atoms with E-state index in [1.165, 1.54) is 12.1 Å². The molecular weight excluding hydrogens is 345 g/mol. The smallest absolute Gasteiger partial charge is 0.321 e. The number of aryl methyl sites for hydroxylation is 1. The third-order valence-electron chi connectivity index (χ3n) is 5.11. The summed E-state index contributed by atoms with van der Waals surface area (Å²) in [6.07, 6.45) is 5.94.